The lowest BCUT2D eigenvalue weighted by molar-refractivity contribution is -0.225. The highest BCUT2D eigenvalue weighted by atomic mass is 31.2. The van der Waals surface area contributed by atoms with E-state index in [0.717, 1.165) is 11.1 Å². The van der Waals surface area contributed by atoms with Gasteiger partial charge in [0.2, 0.25) is 7.94 Å². The molecule has 0 radical (unpaired) electrons. The Bertz CT molecular complexity index is 369. The summed E-state index contributed by atoms with van der Waals surface area (Å²) >= 11 is 0. The zero-order valence-corrected chi connectivity index (χ0v) is 10.0. The van der Waals surface area contributed by atoms with Gasteiger partial charge in [0, 0.05) is 5.56 Å². The summed E-state index contributed by atoms with van der Waals surface area (Å²) in [6.07, 6.45) is -0.164. The van der Waals surface area contributed by atoms with E-state index in [1.54, 1.807) is 0 Å². The predicted molar refractivity (Wildman–Crippen MR) is 58.3 cm³/mol. The van der Waals surface area contributed by atoms with E-state index in [1.165, 1.54) is 7.11 Å². The highest BCUT2D eigenvalue weighted by molar-refractivity contribution is 7.59. The molecule has 0 aromatic heterocycles. The molecular formula is C11H15O3P. The minimum Gasteiger partial charge on any atom is -0.631 e. The Hall–Kier alpha value is -0.470. The van der Waals surface area contributed by atoms with Crippen molar-refractivity contribution in [2.24, 2.45) is 0 Å². The second kappa shape index (κ2) is 3.84. The van der Waals surface area contributed by atoms with Crippen LogP contribution in [-0.2, 0) is 9.05 Å². The first-order valence-corrected chi connectivity index (χ1v) is 6.62. The van der Waals surface area contributed by atoms with Gasteiger partial charge in [0.15, 0.2) is 0 Å². The number of hydrogen-bond donors (Lipinski definition) is 0. The fourth-order valence-electron chi connectivity index (χ4n) is 2.00. The molecule has 1 aromatic rings. The summed E-state index contributed by atoms with van der Waals surface area (Å²) in [6.45, 7) is 3.78. The van der Waals surface area contributed by atoms with Gasteiger partial charge in [0.25, 0.3) is 0 Å². The maximum atomic E-state index is 12.3. The Morgan fingerprint density at radius 3 is 2.47 bits per heavy atom. The SMILES string of the molecule is CO[P+]1([O-])O[C@@H](C)c2ccccc2[C@@H]1C. The zero-order valence-electron chi connectivity index (χ0n) is 9.14. The number of rotatable bonds is 1. The topological polar surface area (TPSA) is 41.5 Å². The zero-order chi connectivity index (χ0) is 11.1. The molecule has 15 heavy (non-hydrogen) atoms. The second-order valence-electron chi connectivity index (χ2n) is 3.77. The molecular weight excluding hydrogens is 211 g/mol. The average Bonchev–Trinajstić information content (AvgIpc) is 2.26. The Morgan fingerprint density at radius 1 is 1.27 bits per heavy atom. The van der Waals surface area contributed by atoms with Crippen molar-refractivity contribution in [2.75, 3.05) is 7.11 Å². The number of fused-ring (bicyclic) bond motifs is 1. The van der Waals surface area contributed by atoms with Crippen LogP contribution in [0, 0.1) is 0 Å². The minimum absolute atomic E-state index is 0.164. The summed E-state index contributed by atoms with van der Waals surface area (Å²) in [6, 6.07) is 7.92. The van der Waals surface area contributed by atoms with Gasteiger partial charge in [-0.15, -0.1) is 0 Å². The summed E-state index contributed by atoms with van der Waals surface area (Å²) in [5.74, 6) is 0. The van der Waals surface area contributed by atoms with Gasteiger partial charge < -0.3 is 4.89 Å². The molecule has 3 nitrogen and oxygen atoms in total. The molecule has 3 atom stereocenters. The highest BCUT2D eigenvalue weighted by Gasteiger charge is 2.45. The van der Waals surface area contributed by atoms with Crippen LogP contribution in [0.15, 0.2) is 24.3 Å². The van der Waals surface area contributed by atoms with E-state index in [2.05, 4.69) is 0 Å². The van der Waals surface area contributed by atoms with Gasteiger partial charge in [0.05, 0.1) is 7.11 Å². The molecule has 82 valence electrons. The van der Waals surface area contributed by atoms with Crippen LogP contribution in [0.1, 0.15) is 36.7 Å². The third-order valence-corrected chi connectivity index (χ3v) is 5.26. The predicted octanol–water partition coefficient (Wildman–Crippen LogP) is 2.61. The average molecular weight is 226 g/mol. The Morgan fingerprint density at radius 2 is 1.87 bits per heavy atom. The molecule has 2 rings (SSSR count). The van der Waals surface area contributed by atoms with Crippen LogP contribution in [0.5, 0.6) is 0 Å². The largest absolute Gasteiger partial charge is 0.631 e. The van der Waals surface area contributed by atoms with Crippen molar-refractivity contribution >= 4 is 7.94 Å². The van der Waals surface area contributed by atoms with Crippen molar-refractivity contribution in [3.05, 3.63) is 35.4 Å². The van der Waals surface area contributed by atoms with E-state index in [4.69, 9.17) is 9.05 Å². The molecule has 1 unspecified atom stereocenters. The lowest BCUT2D eigenvalue weighted by Gasteiger charge is -2.38. The molecule has 1 heterocycles. The van der Waals surface area contributed by atoms with Crippen molar-refractivity contribution in [3.8, 4) is 0 Å². The minimum atomic E-state index is -2.97. The van der Waals surface area contributed by atoms with Gasteiger partial charge in [-0.2, -0.15) is 0 Å². The first-order valence-electron chi connectivity index (χ1n) is 5.01. The fourth-order valence-corrected chi connectivity index (χ4v) is 3.72. The fraction of sp³-hybridized carbons (Fsp3) is 0.455. The maximum absolute atomic E-state index is 12.3. The monoisotopic (exact) mass is 226 g/mol. The summed E-state index contributed by atoms with van der Waals surface area (Å²) < 4.78 is 10.5. The van der Waals surface area contributed by atoms with Crippen LogP contribution in [0.3, 0.4) is 0 Å². The van der Waals surface area contributed by atoms with Crippen molar-refractivity contribution in [1.82, 2.24) is 0 Å². The number of benzene rings is 1. The van der Waals surface area contributed by atoms with Gasteiger partial charge in [0.1, 0.15) is 11.8 Å². The van der Waals surface area contributed by atoms with Crippen LogP contribution in [0.4, 0.5) is 0 Å². The molecule has 1 aliphatic rings. The van der Waals surface area contributed by atoms with E-state index in [1.807, 2.05) is 38.1 Å². The van der Waals surface area contributed by atoms with E-state index in [0.29, 0.717) is 0 Å². The molecule has 0 amide bonds. The highest BCUT2D eigenvalue weighted by Crippen LogP contribution is 2.69. The third-order valence-electron chi connectivity index (χ3n) is 2.92. The van der Waals surface area contributed by atoms with E-state index < -0.39 is 7.94 Å². The van der Waals surface area contributed by atoms with Gasteiger partial charge in [-0.1, -0.05) is 24.3 Å². The molecule has 0 bridgehead atoms. The molecule has 4 heteroatoms. The second-order valence-corrected chi connectivity index (χ2v) is 6.21. The Balaban J connectivity index is 2.48. The standard InChI is InChI=1S/C11H15O3P/c1-8-10-6-4-5-7-11(10)9(2)15(12,13-3)14-8/h4-9H,1-3H3/t8-,9-,15?/m0/s1. The lowest BCUT2D eigenvalue weighted by atomic mass is 10.0. The third kappa shape index (κ3) is 1.70. The van der Waals surface area contributed by atoms with Gasteiger partial charge in [-0.25, -0.2) is 9.05 Å². The molecule has 0 aliphatic carbocycles. The van der Waals surface area contributed by atoms with Crippen LogP contribution in [0.2, 0.25) is 0 Å². The van der Waals surface area contributed by atoms with Crippen LogP contribution >= 0.6 is 7.94 Å². The molecule has 1 aliphatic heterocycles. The smallest absolute Gasteiger partial charge is 0.245 e. The molecule has 0 N–H and O–H groups in total. The molecule has 0 saturated heterocycles. The van der Waals surface area contributed by atoms with E-state index in [-0.39, 0.29) is 11.8 Å². The van der Waals surface area contributed by atoms with Crippen LogP contribution in [0.25, 0.3) is 0 Å². The van der Waals surface area contributed by atoms with Gasteiger partial charge in [-0.05, 0) is 19.4 Å². The van der Waals surface area contributed by atoms with Crippen molar-refractivity contribution in [3.63, 3.8) is 0 Å². The lowest BCUT2D eigenvalue weighted by Crippen LogP contribution is -2.26. The molecule has 0 fully saturated rings. The van der Waals surface area contributed by atoms with Crippen LogP contribution < -0.4 is 4.89 Å². The Labute approximate surface area is 90.6 Å². The Kier molecular flexibility index (Phi) is 2.82. The number of hydrogen-bond acceptors (Lipinski definition) is 3. The van der Waals surface area contributed by atoms with Gasteiger partial charge >= 0.3 is 0 Å². The first kappa shape index (κ1) is 11.0. The summed E-state index contributed by atoms with van der Waals surface area (Å²) in [5, 5.41) is 0. The summed E-state index contributed by atoms with van der Waals surface area (Å²) in [5.41, 5.74) is 1.99. The van der Waals surface area contributed by atoms with Crippen molar-refractivity contribution < 1.29 is 13.9 Å². The summed E-state index contributed by atoms with van der Waals surface area (Å²) in [7, 11) is -1.53. The van der Waals surface area contributed by atoms with E-state index in [9.17, 15) is 4.89 Å². The molecule has 0 saturated carbocycles. The van der Waals surface area contributed by atoms with Crippen molar-refractivity contribution in [1.29, 1.82) is 0 Å². The summed E-state index contributed by atoms with van der Waals surface area (Å²) in [4.78, 5) is 12.3. The molecule has 1 aromatic carbocycles. The van der Waals surface area contributed by atoms with Crippen molar-refractivity contribution in [2.45, 2.75) is 25.6 Å². The normalized spacial score (nSPS) is 34.9. The van der Waals surface area contributed by atoms with Crippen LogP contribution in [-0.4, -0.2) is 7.11 Å². The van der Waals surface area contributed by atoms with Gasteiger partial charge in [-0.3, -0.25) is 0 Å². The first-order chi connectivity index (χ1) is 7.08. The maximum Gasteiger partial charge on any atom is 0.245 e. The molecule has 0 spiro atoms. The quantitative estimate of drug-likeness (QED) is 0.691. The van der Waals surface area contributed by atoms with E-state index >= 15 is 0 Å².